The third-order valence-corrected chi connectivity index (χ3v) is 4.42. The smallest absolute Gasteiger partial charge is 0.338 e. The van der Waals surface area contributed by atoms with Crippen molar-refractivity contribution in [1.29, 1.82) is 0 Å². The Balaban J connectivity index is 1.59. The van der Waals surface area contributed by atoms with Gasteiger partial charge in [0, 0.05) is 31.9 Å². The number of ether oxygens (including phenoxy) is 1. The first kappa shape index (κ1) is 19.3. The zero-order valence-electron chi connectivity index (χ0n) is 15.6. The Bertz CT molecular complexity index is 828. The SMILES string of the molecule is CCOC(=O)c1ccc(Nc2ccc(C(=O)N3CCN(C=O)CC3)nc2)cc1. The zero-order valence-corrected chi connectivity index (χ0v) is 15.6. The van der Waals surface area contributed by atoms with E-state index in [1.807, 2.05) is 0 Å². The van der Waals surface area contributed by atoms with Gasteiger partial charge in [0.25, 0.3) is 5.91 Å². The summed E-state index contributed by atoms with van der Waals surface area (Å²) in [5, 5.41) is 3.18. The second kappa shape index (κ2) is 8.98. The Morgan fingerprint density at radius 1 is 1.07 bits per heavy atom. The van der Waals surface area contributed by atoms with E-state index in [-0.39, 0.29) is 11.9 Å². The van der Waals surface area contributed by atoms with E-state index in [9.17, 15) is 14.4 Å². The van der Waals surface area contributed by atoms with Crippen molar-refractivity contribution in [3.05, 3.63) is 53.9 Å². The first-order chi connectivity index (χ1) is 13.6. The number of hydrogen-bond donors (Lipinski definition) is 1. The molecule has 2 heterocycles. The van der Waals surface area contributed by atoms with Crippen LogP contribution in [0.5, 0.6) is 0 Å². The molecule has 1 saturated heterocycles. The van der Waals surface area contributed by atoms with Gasteiger partial charge in [-0.25, -0.2) is 9.78 Å². The van der Waals surface area contributed by atoms with Gasteiger partial charge < -0.3 is 19.9 Å². The zero-order chi connectivity index (χ0) is 19.9. The number of benzene rings is 1. The molecule has 2 aromatic rings. The highest BCUT2D eigenvalue weighted by Crippen LogP contribution is 2.17. The topological polar surface area (TPSA) is 91.8 Å². The molecular weight excluding hydrogens is 360 g/mol. The highest BCUT2D eigenvalue weighted by molar-refractivity contribution is 5.93. The second-order valence-electron chi connectivity index (χ2n) is 6.29. The lowest BCUT2D eigenvalue weighted by molar-refractivity contribution is -0.119. The molecule has 1 aromatic carbocycles. The van der Waals surface area contributed by atoms with E-state index in [2.05, 4.69) is 10.3 Å². The number of esters is 1. The number of nitrogens with zero attached hydrogens (tertiary/aromatic N) is 3. The molecule has 8 heteroatoms. The molecule has 0 radical (unpaired) electrons. The first-order valence-corrected chi connectivity index (χ1v) is 9.09. The summed E-state index contributed by atoms with van der Waals surface area (Å²) < 4.78 is 4.96. The Labute approximate surface area is 163 Å². The number of piperazine rings is 1. The monoisotopic (exact) mass is 382 g/mol. The van der Waals surface area contributed by atoms with Gasteiger partial charge in [-0.15, -0.1) is 0 Å². The Morgan fingerprint density at radius 2 is 1.75 bits per heavy atom. The average Bonchev–Trinajstić information content (AvgIpc) is 2.74. The predicted octanol–water partition coefficient (Wildman–Crippen LogP) is 1.92. The van der Waals surface area contributed by atoms with Gasteiger partial charge >= 0.3 is 5.97 Å². The maximum Gasteiger partial charge on any atom is 0.338 e. The molecule has 2 amide bonds. The minimum atomic E-state index is -0.354. The van der Waals surface area contributed by atoms with Crippen molar-refractivity contribution in [2.24, 2.45) is 0 Å². The van der Waals surface area contributed by atoms with Crippen molar-refractivity contribution in [3.63, 3.8) is 0 Å². The van der Waals surface area contributed by atoms with Crippen LogP contribution in [0.15, 0.2) is 42.6 Å². The van der Waals surface area contributed by atoms with E-state index < -0.39 is 0 Å². The molecule has 3 rings (SSSR count). The number of hydrogen-bond acceptors (Lipinski definition) is 6. The van der Waals surface area contributed by atoms with Crippen molar-refractivity contribution in [3.8, 4) is 0 Å². The molecule has 1 aliphatic heterocycles. The largest absolute Gasteiger partial charge is 0.462 e. The summed E-state index contributed by atoms with van der Waals surface area (Å²) in [6, 6.07) is 10.4. The van der Waals surface area contributed by atoms with Gasteiger partial charge in [0.05, 0.1) is 24.1 Å². The van der Waals surface area contributed by atoms with Crippen molar-refractivity contribution in [1.82, 2.24) is 14.8 Å². The van der Waals surface area contributed by atoms with Gasteiger partial charge in [0.1, 0.15) is 5.69 Å². The van der Waals surface area contributed by atoms with Crippen molar-refractivity contribution < 1.29 is 19.1 Å². The number of carbonyl (C=O) groups is 3. The predicted molar refractivity (Wildman–Crippen MR) is 103 cm³/mol. The quantitative estimate of drug-likeness (QED) is 0.606. The second-order valence-corrected chi connectivity index (χ2v) is 6.29. The van der Waals surface area contributed by atoms with Crippen LogP contribution in [-0.2, 0) is 9.53 Å². The minimum absolute atomic E-state index is 0.143. The summed E-state index contributed by atoms with van der Waals surface area (Å²) in [7, 11) is 0. The van der Waals surface area contributed by atoms with Crippen molar-refractivity contribution in [2.75, 3.05) is 38.1 Å². The summed E-state index contributed by atoms with van der Waals surface area (Å²) in [5.41, 5.74) is 2.37. The van der Waals surface area contributed by atoms with E-state index in [0.717, 1.165) is 17.8 Å². The normalized spacial score (nSPS) is 13.8. The van der Waals surface area contributed by atoms with E-state index in [0.29, 0.717) is 44.0 Å². The van der Waals surface area contributed by atoms with Gasteiger partial charge in [-0.3, -0.25) is 9.59 Å². The third-order valence-electron chi connectivity index (χ3n) is 4.42. The number of aromatic nitrogens is 1. The molecule has 146 valence electrons. The van der Waals surface area contributed by atoms with Crippen LogP contribution in [0.1, 0.15) is 27.8 Å². The standard InChI is InChI=1S/C20H22N4O4/c1-2-28-20(27)15-3-5-16(6-4-15)22-17-7-8-18(21-13-17)19(26)24-11-9-23(14-25)10-12-24/h3-8,13-14,22H,2,9-12H2,1H3. The summed E-state index contributed by atoms with van der Waals surface area (Å²) in [6.07, 6.45) is 2.40. The lowest BCUT2D eigenvalue weighted by atomic mass is 10.2. The Kier molecular flexibility index (Phi) is 6.21. The molecule has 0 unspecified atom stereocenters. The molecule has 1 N–H and O–H groups in total. The third kappa shape index (κ3) is 4.64. The van der Waals surface area contributed by atoms with Crippen LogP contribution in [-0.4, -0.2) is 65.9 Å². The Morgan fingerprint density at radius 3 is 2.32 bits per heavy atom. The molecule has 0 atom stereocenters. The summed E-state index contributed by atoms with van der Waals surface area (Å²) in [4.78, 5) is 42.5. The van der Waals surface area contributed by atoms with Crippen LogP contribution in [0, 0.1) is 0 Å². The summed E-state index contributed by atoms with van der Waals surface area (Å²) >= 11 is 0. The van der Waals surface area contributed by atoms with Crippen LogP contribution in [0.2, 0.25) is 0 Å². The van der Waals surface area contributed by atoms with Crippen LogP contribution in [0.4, 0.5) is 11.4 Å². The fraction of sp³-hybridized carbons (Fsp3) is 0.300. The number of rotatable bonds is 6. The van der Waals surface area contributed by atoms with Gasteiger partial charge in [0.15, 0.2) is 0 Å². The molecule has 1 aromatic heterocycles. The Hall–Kier alpha value is -3.42. The lowest BCUT2D eigenvalue weighted by Crippen LogP contribution is -2.48. The maximum absolute atomic E-state index is 12.5. The molecule has 0 saturated carbocycles. The maximum atomic E-state index is 12.5. The number of pyridine rings is 1. The number of amides is 2. The molecule has 8 nitrogen and oxygen atoms in total. The molecule has 0 aliphatic carbocycles. The van der Waals surface area contributed by atoms with E-state index in [1.54, 1.807) is 59.3 Å². The van der Waals surface area contributed by atoms with Crippen LogP contribution >= 0.6 is 0 Å². The number of nitrogens with one attached hydrogen (secondary N) is 1. The highest BCUT2D eigenvalue weighted by atomic mass is 16.5. The van der Waals surface area contributed by atoms with Crippen LogP contribution in [0.3, 0.4) is 0 Å². The van der Waals surface area contributed by atoms with Gasteiger partial charge in [0.2, 0.25) is 6.41 Å². The first-order valence-electron chi connectivity index (χ1n) is 9.09. The summed E-state index contributed by atoms with van der Waals surface area (Å²) in [5.74, 6) is -0.497. The fourth-order valence-corrected chi connectivity index (χ4v) is 2.86. The van der Waals surface area contributed by atoms with Crippen molar-refractivity contribution in [2.45, 2.75) is 6.92 Å². The van der Waals surface area contributed by atoms with Gasteiger partial charge in [-0.1, -0.05) is 0 Å². The number of anilines is 2. The summed E-state index contributed by atoms with van der Waals surface area (Å²) in [6.45, 7) is 4.19. The van der Waals surface area contributed by atoms with E-state index >= 15 is 0 Å². The fourth-order valence-electron chi connectivity index (χ4n) is 2.86. The molecule has 28 heavy (non-hydrogen) atoms. The van der Waals surface area contributed by atoms with E-state index in [4.69, 9.17) is 4.74 Å². The van der Waals surface area contributed by atoms with E-state index in [1.165, 1.54) is 0 Å². The molecule has 1 fully saturated rings. The molecule has 0 bridgehead atoms. The van der Waals surface area contributed by atoms with Crippen LogP contribution in [0.25, 0.3) is 0 Å². The van der Waals surface area contributed by atoms with Gasteiger partial charge in [-0.2, -0.15) is 0 Å². The minimum Gasteiger partial charge on any atom is -0.462 e. The van der Waals surface area contributed by atoms with Crippen LogP contribution < -0.4 is 5.32 Å². The average molecular weight is 382 g/mol. The van der Waals surface area contributed by atoms with Gasteiger partial charge in [-0.05, 0) is 43.3 Å². The molecule has 1 aliphatic rings. The van der Waals surface area contributed by atoms with Crippen molar-refractivity contribution >= 4 is 29.7 Å². The molecular formula is C20H22N4O4. The number of carbonyl (C=O) groups excluding carboxylic acids is 3. The lowest BCUT2D eigenvalue weighted by Gasteiger charge is -2.32. The highest BCUT2D eigenvalue weighted by Gasteiger charge is 2.22. The molecule has 0 spiro atoms.